The van der Waals surface area contributed by atoms with Gasteiger partial charge < -0.3 is 5.32 Å². The molecule has 2 aromatic heterocycles. The number of carbonyl (C=O) groups excluding carboxylic acids is 1. The minimum atomic E-state index is -0.126. The van der Waals surface area contributed by atoms with E-state index in [4.69, 9.17) is 11.6 Å². The van der Waals surface area contributed by atoms with Crippen molar-refractivity contribution in [3.63, 3.8) is 0 Å². The summed E-state index contributed by atoms with van der Waals surface area (Å²) in [7, 11) is 0. The molecule has 0 atom stereocenters. The normalized spacial score (nSPS) is 9.65. The first kappa shape index (κ1) is 17.1. The molecule has 23 heavy (non-hydrogen) atoms. The molecule has 3 rings (SSSR count). The number of benzene rings is 1. The molecule has 4 nitrogen and oxygen atoms in total. The molecule has 0 aliphatic heterocycles. The summed E-state index contributed by atoms with van der Waals surface area (Å²) in [5, 5.41) is 6.11. The van der Waals surface area contributed by atoms with Gasteiger partial charge in [-0.15, -0.1) is 11.3 Å². The molecule has 0 bridgehead atoms. The highest BCUT2D eigenvalue weighted by Crippen LogP contribution is 2.22. The third-order valence-electron chi connectivity index (χ3n) is 2.73. The van der Waals surface area contributed by atoms with Crippen molar-refractivity contribution in [2.75, 3.05) is 6.54 Å². The standard InChI is InChI=1S/C11H11N3OS.C6H5Cl/c1-2-13-10(15)9-7-16-11(14-9)8-3-5-12-6-4-8;7-6-4-2-1-3-5-6/h3-7H,2H2,1H3,(H,13,15);1-5H. The zero-order valence-corrected chi connectivity index (χ0v) is 14.1. The molecule has 0 aliphatic rings. The Labute approximate surface area is 144 Å². The second-order valence-corrected chi connectivity index (χ2v) is 5.72. The van der Waals surface area contributed by atoms with Gasteiger partial charge in [-0.3, -0.25) is 9.78 Å². The molecule has 0 fully saturated rings. The molecule has 1 aromatic carbocycles. The molecule has 2 heterocycles. The van der Waals surface area contributed by atoms with E-state index in [0.29, 0.717) is 12.2 Å². The van der Waals surface area contributed by atoms with Crippen molar-refractivity contribution in [3.05, 3.63) is 71.0 Å². The highest BCUT2D eigenvalue weighted by molar-refractivity contribution is 7.13. The van der Waals surface area contributed by atoms with Crippen LogP contribution in [0.3, 0.4) is 0 Å². The number of hydrogen-bond donors (Lipinski definition) is 1. The highest BCUT2D eigenvalue weighted by atomic mass is 35.5. The fourth-order valence-electron chi connectivity index (χ4n) is 1.67. The van der Waals surface area contributed by atoms with Crippen molar-refractivity contribution in [1.82, 2.24) is 15.3 Å². The monoisotopic (exact) mass is 345 g/mol. The van der Waals surface area contributed by atoms with Crippen LogP contribution in [0.4, 0.5) is 0 Å². The molecule has 0 unspecified atom stereocenters. The smallest absolute Gasteiger partial charge is 0.270 e. The van der Waals surface area contributed by atoms with E-state index in [-0.39, 0.29) is 5.91 Å². The SMILES string of the molecule is CCNC(=O)c1csc(-c2ccncc2)n1.Clc1ccccc1. The Balaban J connectivity index is 0.000000229. The summed E-state index contributed by atoms with van der Waals surface area (Å²) in [4.78, 5) is 19.7. The van der Waals surface area contributed by atoms with Gasteiger partial charge in [-0.1, -0.05) is 29.8 Å². The summed E-state index contributed by atoms with van der Waals surface area (Å²) in [6.07, 6.45) is 3.42. The number of thiazole rings is 1. The Morgan fingerprint density at radius 1 is 1.17 bits per heavy atom. The lowest BCUT2D eigenvalue weighted by Crippen LogP contribution is -2.22. The Morgan fingerprint density at radius 2 is 1.87 bits per heavy atom. The summed E-state index contributed by atoms with van der Waals surface area (Å²) in [6.45, 7) is 2.50. The van der Waals surface area contributed by atoms with Crippen LogP contribution in [0.1, 0.15) is 17.4 Å². The van der Waals surface area contributed by atoms with Crippen LogP contribution in [0, 0.1) is 0 Å². The lowest BCUT2D eigenvalue weighted by atomic mass is 10.3. The maximum atomic E-state index is 11.5. The van der Waals surface area contributed by atoms with Gasteiger partial charge in [0.1, 0.15) is 10.7 Å². The third kappa shape index (κ3) is 5.47. The van der Waals surface area contributed by atoms with Crippen molar-refractivity contribution < 1.29 is 4.79 Å². The molecule has 0 radical (unpaired) electrons. The van der Waals surface area contributed by atoms with Gasteiger partial charge in [-0.05, 0) is 31.2 Å². The number of nitrogens with zero attached hydrogens (tertiary/aromatic N) is 2. The molecule has 1 amide bonds. The number of halogens is 1. The summed E-state index contributed by atoms with van der Waals surface area (Å²) in [5.74, 6) is -0.126. The average molecular weight is 346 g/mol. The quantitative estimate of drug-likeness (QED) is 0.770. The molecular formula is C17H16ClN3OS. The first-order chi connectivity index (χ1) is 11.2. The Bertz CT molecular complexity index is 732. The molecule has 0 saturated heterocycles. The summed E-state index contributed by atoms with van der Waals surface area (Å²) >= 11 is 7.00. The van der Waals surface area contributed by atoms with Crippen LogP contribution >= 0.6 is 22.9 Å². The van der Waals surface area contributed by atoms with Gasteiger partial charge in [0.05, 0.1) is 0 Å². The Hall–Kier alpha value is -2.24. The summed E-state index contributed by atoms with van der Waals surface area (Å²) < 4.78 is 0. The van der Waals surface area contributed by atoms with E-state index < -0.39 is 0 Å². The molecule has 0 spiro atoms. The van der Waals surface area contributed by atoms with Crippen LogP contribution in [-0.4, -0.2) is 22.4 Å². The van der Waals surface area contributed by atoms with Crippen LogP contribution in [0.2, 0.25) is 5.02 Å². The maximum absolute atomic E-state index is 11.5. The van der Waals surface area contributed by atoms with E-state index in [0.717, 1.165) is 15.6 Å². The summed E-state index contributed by atoms with van der Waals surface area (Å²) in [5.41, 5.74) is 1.45. The van der Waals surface area contributed by atoms with Crippen molar-refractivity contribution in [3.8, 4) is 10.6 Å². The second kappa shape index (κ2) is 9.02. The fraction of sp³-hybridized carbons (Fsp3) is 0.118. The largest absolute Gasteiger partial charge is 0.351 e. The fourth-order valence-corrected chi connectivity index (χ4v) is 2.62. The maximum Gasteiger partial charge on any atom is 0.270 e. The van der Waals surface area contributed by atoms with Gasteiger partial charge in [0.25, 0.3) is 5.91 Å². The lowest BCUT2D eigenvalue weighted by molar-refractivity contribution is 0.0951. The Kier molecular flexibility index (Phi) is 6.72. The molecule has 3 aromatic rings. The van der Waals surface area contributed by atoms with E-state index in [2.05, 4.69) is 15.3 Å². The van der Waals surface area contributed by atoms with Crippen molar-refractivity contribution >= 4 is 28.8 Å². The number of nitrogens with one attached hydrogen (secondary N) is 1. The summed E-state index contributed by atoms with van der Waals surface area (Å²) in [6, 6.07) is 13.2. The van der Waals surface area contributed by atoms with Gasteiger partial charge >= 0.3 is 0 Å². The number of aromatic nitrogens is 2. The predicted octanol–water partition coefficient (Wildman–Crippen LogP) is 4.29. The van der Waals surface area contributed by atoms with E-state index in [1.54, 1.807) is 17.8 Å². The predicted molar refractivity (Wildman–Crippen MR) is 94.8 cm³/mol. The first-order valence-electron chi connectivity index (χ1n) is 7.05. The van der Waals surface area contributed by atoms with Crippen molar-refractivity contribution in [1.29, 1.82) is 0 Å². The van der Waals surface area contributed by atoms with E-state index in [1.807, 2.05) is 49.4 Å². The van der Waals surface area contributed by atoms with Gasteiger partial charge in [-0.2, -0.15) is 0 Å². The van der Waals surface area contributed by atoms with E-state index in [9.17, 15) is 4.79 Å². The molecule has 0 saturated carbocycles. The molecule has 6 heteroatoms. The minimum absolute atomic E-state index is 0.126. The molecule has 118 valence electrons. The number of amides is 1. The number of hydrogen-bond acceptors (Lipinski definition) is 4. The second-order valence-electron chi connectivity index (χ2n) is 4.43. The van der Waals surface area contributed by atoms with Crippen molar-refractivity contribution in [2.45, 2.75) is 6.92 Å². The van der Waals surface area contributed by atoms with Crippen LogP contribution < -0.4 is 5.32 Å². The molecule has 1 N–H and O–H groups in total. The third-order valence-corrected chi connectivity index (χ3v) is 3.88. The van der Waals surface area contributed by atoms with Gasteiger partial charge in [0, 0.05) is 34.9 Å². The van der Waals surface area contributed by atoms with Crippen LogP contribution in [0.5, 0.6) is 0 Å². The molecule has 0 aliphatic carbocycles. The van der Waals surface area contributed by atoms with Gasteiger partial charge in [0.15, 0.2) is 0 Å². The topological polar surface area (TPSA) is 54.9 Å². The zero-order chi connectivity index (χ0) is 16.5. The number of rotatable bonds is 3. The number of pyridine rings is 1. The number of carbonyl (C=O) groups is 1. The van der Waals surface area contributed by atoms with E-state index in [1.165, 1.54) is 11.3 Å². The van der Waals surface area contributed by atoms with Gasteiger partial charge in [-0.25, -0.2) is 4.98 Å². The highest BCUT2D eigenvalue weighted by Gasteiger charge is 2.10. The first-order valence-corrected chi connectivity index (χ1v) is 8.31. The Morgan fingerprint density at radius 3 is 2.43 bits per heavy atom. The van der Waals surface area contributed by atoms with Crippen LogP contribution in [0.15, 0.2) is 60.2 Å². The lowest BCUT2D eigenvalue weighted by Gasteiger charge is -1.96. The minimum Gasteiger partial charge on any atom is -0.351 e. The molecular weight excluding hydrogens is 330 g/mol. The van der Waals surface area contributed by atoms with Crippen LogP contribution in [0.25, 0.3) is 10.6 Å². The van der Waals surface area contributed by atoms with Crippen molar-refractivity contribution in [2.24, 2.45) is 0 Å². The van der Waals surface area contributed by atoms with Gasteiger partial charge in [0.2, 0.25) is 0 Å². The average Bonchev–Trinajstić information content (AvgIpc) is 3.07. The van der Waals surface area contributed by atoms with Crippen LogP contribution in [-0.2, 0) is 0 Å². The zero-order valence-electron chi connectivity index (χ0n) is 12.6. The van der Waals surface area contributed by atoms with E-state index >= 15 is 0 Å².